The van der Waals surface area contributed by atoms with Crippen LogP contribution in [0.25, 0.3) is 11.3 Å². The highest BCUT2D eigenvalue weighted by Gasteiger charge is 2.14. The van der Waals surface area contributed by atoms with Gasteiger partial charge in [-0.15, -0.1) is 11.8 Å². The van der Waals surface area contributed by atoms with Crippen LogP contribution >= 0.6 is 11.8 Å². The second-order valence-corrected chi connectivity index (χ2v) is 6.02. The number of nitrogens with zero attached hydrogens (tertiary/aromatic N) is 1. The molecule has 2 rings (SSSR count). The smallest absolute Gasteiger partial charge is 0.108 e. The lowest BCUT2D eigenvalue weighted by molar-refractivity contribution is 0.505. The van der Waals surface area contributed by atoms with E-state index in [9.17, 15) is 0 Å². The van der Waals surface area contributed by atoms with Crippen LogP contribution in [0.1, 0.15) is 19.7 Å². The minimum atomic E-state index is -0.238. The number of hydrogen-bond donors (Lipinski definition) is 2. The van der Waals surface area contributed by atoms with E-state index >= 15 is 0 Å². The molecule has 0 aliphatic carbocycles. The van der Waals surface area contributed by atoms with Crippen LogP contribution in [0, 0.1) is 0 Å². The summed E-state index contributed by atoms with van der Waals surface area (Å²) in [6.45, 7) is 4.00. The Morgan fingerprint density at radius 2 is 1.94 bits per heavy atom. The van der Waals surface area contributed by atoms with Crippen molar-refractivity contribution in [2.45, 2.75) is 30.7 Å². The Bertz CT molecular complexity index is 509. The zero-order valence-electron chi connectivity index (χ0n) is 11.0. The lowest BCUT2D eigenvalue weighted by Crippen LogP contribution is -2.34. The number of nitrogens with two attached hydrogens (primary N) is 1. The molecule has 0 saturated heterocycles. The van der Waals surface area contributed by atoms with Gasteiger partial charge >= 0.3 is 0 Å². The molecule has 0 saturated carbocycles. The number of benzene rings is 1. The molecule has 0 spiro atoms. The standard InChI is InChI=1S/C14H19N3S/c1-14(2,15)8-13-16-9-12(17-13)10-4-6-11(18-3)7-5-10/h4-7,9H,8,15H2,1-3H3,(H,16,17). The van der Waals surface area contributed by atoms with Gasteiger partial charge in [0.2, 0.25) is 0 Å². The SMILES string of the molecule is CSc1ccc(-c2cnc(CC(C)(C)N)[nH]2)cc1. The summed E-state index contributed by atoms with van der Waals surface area (Å²) in [5.74, 6) is 0.937. The average molecular weight is 261 g/mol. The van der Waals surface area contributed by atoms with Crippen molar-refractivity contribution in [3.8, 4) is 11.3 Å². The van der Waals surface area contributed by atoms with Gasteiger partial charge in [0.15, 0.2) is 0 Å². The van der Waals surface area contributed by atoms with Crippen LogP contribution in [0.15, 0.2) is 35.4 Å². The molecule has 0 aliphatic rings. The molecule has 1 aromatic heterocycles. The molecule has 0 atom stereocenters. The summed E-state index contributed by atoms with van der Waals surface area (Å²) in [6.07, 6.45) is 4.69. The van der Waals surface area contributed by atoms with Crippen molar-refractivity contribution in [3.05, 3.63) is 36.3 Å². The molecule has 2 aromatic rings. The maximum Gasteiger partial charge on any atom is 0.108 e. The molecule has 3 N–H and O–H groups in total. The lowest BCUT2D eigenvalue weighted by Gasteiger charge is -2.15. The van der Waals surface area contributed by atoms with Gasteiger partial charge in [-0.1, -0.05) is 12.1 Å². The van der Waals surface area contributed by atoms with Gasteiger partial charge in [-0.3, -0.25) is 0 Å². The Hall–Kier alpha value is -1.26. The first-order valence-corrected chi connectivity index (χ1v) is 7.17. The molecular weight excluding hydrogens is 242 g/mol. The number of imidazole rings is 1. The summed E-state index contributed by atoms with van der Waals surface area (Å²) in [5, 5.41) is 0. The van der Waals surface area contributed by atoms with Crippen molar-refractivity contribution in [1.29, 1.82) is 0 Å². The quantitative estimate of drug-likeness (QED) is 0.832. The predicted molar refractivity (Wildman–Crippen MR) is 77.8 cm³/mol. The summed E-state index contributed by atoms with van der Waals surface area (Å²) in [6, 6.07) is 8.45. The molecule has 0 fully saturated rings. The summed E-state index contributed by atoms with van der Waals surface area (Å²) in [7, 11) is 0. The van der Waals surface area contributed by atoms with Gasteiger partial charge in [0.05, 0.1) is 11.9 Å². The zero-order valence-corrected chi connectivity index (χ0v) is 11.8. The lowest BCUT2D eigenvalue weighted by atomic mass is 10.0. The van der Waals surface area contributed by atoms with E-state index in [0.717, 1.165) is 23.5 Å². The third-order valence-electron chi connectivity index (χ3n) is 2.65. The van der Waals surface area contributed by atoms with Crippen molar-refractivity contribution in [1.82, 2.24) is 9.97 Å². The number of H-pyrrole nitrogens is 1. The second kappa shape index (κ2) is 5.16. The highest BCUT2D eigenvalue weighted by Crippen LogP contribution is 2.22. The number of hydrogen-bond acceptors (Lipinski definition) is 3. The Labute approximate surface area is 112 Å². The first-order chi connectivity index (χ1) is 8.48. The Morgan fingerprint density at radius 3 is 2.50 bits per heavy atom. The van der Waals surface area contributed by atoms with Crippen molar-refractivity contribution >= 4 is 11.8 Å². The van der Waals surface area contributed by atoms with Gasteiger partial charge in [0, 0.05) is 16.9 Å². The largest absolute Gasteiger partial charge is 0.342 e. The number of aromatic nitrogens is 2. The van der Waals surface area contributed by atoms with E-state index in [1.165, 1.54) is 4.90 Å². The first kappa shape index (κ1) is 13.2. The highest BCUT2D eigenvalue weighted by molar-refractivity contribution is 7.98. The zero-order chi connectivity index (χ0) is 13.2. The number of rotatable bonds is 4. The summed E-state index contributed by atoms with van der Waals surface area (Å²) in [4.78, 5) is 8.97. The van der Waals surface area contributed by atoms with E-state index < -0.39 is 0 Å². The fraction of sp³-hybridized carbons (Fsp3) is 0.357. The molecule has 0 bridgehead atoms. The van der Waals surface area contributed by atoms with Crippen molar-refractivity contribution in [2.75, 3.05) is 6.26 Å². The summed E-state index contributed by atoms with van der Waals surface area (Å²) in [5.41, 5.74) is 7.95. The van der Waals surface area contributed by atoms with Crippen LogP contribution in [0.2, 0.25) is 0 Å². The van der Waals surface area contributed by atoms with Crippen LogP contribution in [-0.4, -0.2) is 21.8 Å². The van der Waals surface area contributed by atoms with Gasteiger partial charge in [-0.2, -0.15) is 0 Å². The van der Waals surface area contributed by atoms with E-state index in [1.807, 2.05) is 20.0 Å². The molecule has 1 heterocycles. The highest BCUT2D eigenvalue weighted by atomic mass is 32.2. The van der Waals surface area contributed by atoms with E-state index in [2.05, 4.69) is 40.5 Å². The Balaban J connectivity index is 2.18. The third kappa shape index (κ3) is 3.37. The van der Waals surface area contributed by atoms with Crippen molar-refractivity contribution in [3.63, 3.8) is 0 Å². The monoisotopic (exact) mass is 261 g/mol. The van der Waals surface area contributed by atoms with Gasteiger partial charge < -0.3 is 10.7 Å². The number of nitrogens with one attached hydrogen (secondary N) is 1. The predicted octanol–water partition coefficient (Wildman–Crippen LogP) is 3.08. The van der Waals surface area contributed by atoms with Crippen molar-refractivity contribution < 1.29 is 0 Å². The van der Waals surface area contributed by atoms with E-state index in [1.54, 1.807) is 11.8 Å². The molecule has 0 amide bonds. The summed E-state index contributed by atoms with van der Waals surface area (Å²) >= 11 is 1.74. The second-order valence-electron chi connectivity index (χ2n) is 5.14. The van der Waals surface area contributed by atoms with Crippen LogP contribution in [-0.2, 0) is 6.42 Å². The van der Waals surface area contributed by atoms with E-state index in [0.29, 0.717) is 0 Å². The normalized spacial score (nSPS) is 11.8. The molecule has 1 aromatic carbocycles. The molecule has 18 heavy (non-hydrogen) atoms. The van der Waals surface area contributed by atoms with E-state index in [4.69, 9.17) is 5.73 Å². The molecule has 4 heteroatoms. The minimum absolute atomic E-state index is 0.238. The number of aromatic amines is 1. The molecule has 0 radical (unpaired) electrons. The van der Waals surface area contributed by atoms with Gasteiger partial charge in [0.25, 0.3) is 0 Å². The van der Waals surface area contributed by atoms with Gasteiger partial charge in [0.1, 0.15) is 5.82 Å². The first-order valence-electron chi connectivity index (χ1n) is 5.95. The van der Waals surface area contributed by atoms with Gasteiger partial charge in [-0.25, -0.2) is 4.98 Å². The topological polar surface area (TPSA) is 54.7 Å². The van der Waals surface area contributed by atoms with Crippen LogP contribution in [0.5, 0.6) is 0 Å². The fourth-order valence-corrected chi connectivity index (χ4v) is 2.21. The Morgan fingerprint density at radius 1 is 1.28 bits per heavy atom. The Kier molecular flexibility index (Phi) is 3.78. The molecule has 0 unspecified atom stereocenters. The van der Waals surface area contributed by atoms with Crippen LogP contribution < -0.4 is 5.73 Å². The van der Waals surface area contributed by atoms with Crippen molar-refractivity contribution in [2.24, 2.45) is 5.73 Å². The molecule has 0 aliphatic heterocycles. The third-order valence-corrected chi connectivity index (χ3v) is 3.40. The minimum Gasteiger partial charge on any atom is -0.342 e. The molecule has 96 valence electrons. The maximum absolute atomic E-state index is 5.99. The van der Waals surface area contributed by atoms with Gasteiger partial charge in [-0.05, 0) is 37.8 Å². The average Bonchev–Trinajstić information content (AvgIpc) is 2.75. The van der Waals surface area contributed by atoms with E-state index in [-0.39, 0.29) is 5.54 Å². The summed E-state index contributed by atoms with van der Waals surface area (Å²) < 4.78 is 0. The molecular formula is C14H19N3S. The van der Waals surface area contributed by atoms with Crippen LogP contribution in [0.3, 0.4) is 0 Å². The van der Waals surface area contributed by atoms with Crippen LogP contribution in [0.4, 0.5) is 0 Å². The number of thioether (sulfide) groups is 1. The molecule has 3 nitrogen and oxygen atoms in total. The fourth-order valence-electron chi connectivity index (χ4n) is 1.80. The maximum atomic E-state index is 5.99.